The molecule has 0 spiro atoms. The van der Waals surface area contributed by atoms with E-state index in [1.807, 2.05) is 4.93 Å². The van der Waals surface area contributed by atoms with E-state index in [1.54, 1.807) is 0 Å². The van der Waals surface area contributed by atoms with Crippen LogP contribution in [0.5, 0.6) is 0 Å². The average molecular weight is 494 g/mol. The average Bonchev–Trinajstić information content (AvgIpc) is 2.46. The predicted octanol–water partition coefficient (Wildman–Crippen LogP) is 7.95. The largest absolute Gasteiger partial charge is 0.0901 e. The fourth-order valence-electron chi connectivity index (χ4n) is 2.29. The lowest BCUT2D eigenvalue weighted by molar-refractivity contribution is 0.539. The zero-order chi connectivity index (χ0) is 14.6. The Balaban J connectivity index is 0. The minimum absolute atomic E-state index is 1.34. The molecule has 0 fully saturated rings. The molecular formula is C17H36I2. The van der Waals surface area contributed by atoms with E-state index in [1.165, 1.54) is 94.3 Å². The first-order valence-electron chi connectivity index (χ1n) is 8.35. The number of alkyl halides is 2. The Labute approximate surface area is 150 Å². The molecule has 0 aliphatic rings. The van der Waals surface area contributed by atoms with E-state index >= 15 is 0 Å². The van der Waals surface area contributed by atoms with Crippen LogP contribution in [0, 0.1) is 0 Å². The first-order chi connectivity index (χ1) is 9.41. The molecule has 0 aromatic carbocycles. The molecule has 0 atom stereocenters. The van der Waals surface area contributed by atoms with E-state index in [0.717, 1.165) is 0 Å². The van der Waals surface area contributed by atoms with Gasteiger partial charge in [-0.2, -0.15) is 0 Å². The Kier molecular flexibility index (Phi) is 29.3. The Bertz CT molecular complexity index is 112. The number of halogens is 2. The lowest BCUT2D eigenvalue weighted by atomic mass is 10.0. The molecule has 0 unspecified atom stereocenters. The second kappa shape index (κ2) is 24.5. The van der Waals surface area contributed by atoms with Gasteiger partial charge in [-0.3, -0.25) is 0 Å². The van der Waals surface area contributed by atoms with Crippen LogP contribution < -0.4 is 0 Å². The molecule has 118 valence electrons. The third kappa shape index (κ3) is 24.8. The fraction of sp³-hybridized carbons (Fsp3) is 1.00. The highest BCUT2D eigenvalue weighted by molar-refractivity contribution is 14.1. The van der Waals surface area contributed by atoms with Gasteiger partial charge in [-0.05, 0) is 15.8 Å². The molecule has 0 aromatic heterocycles. The van der Waals surface area contributed by atoms with Crippen LogP contribution in [0.1, 0.15) is 96.8 Å². The summed E-state index contributed by atoms with van der Waals surface area (Å²) in [4.78, 5) is 1.97. The summed E-state index contributed by atoms with van der Waals surface area (Å²) < 4.78 is 1.34. The lowest BCUT2D eigenvalue weighted by Crippen LogP contribution is -1.83. The van der Waals surface area contributed by atoms with Crippen molar-refractivity contribution in [3.8, 4) is 0 Å². The van der Waals surface area contributed by atoms with Crippen molar-refractivity contribution in [2.45, 2.75) is 96.8 Å². The Morgan fingerprint density at radius 2 is 0.737 bits per heavy atom. The molecular weight excluding hydrogens is 458 g/mol. The number of unbranched alkanes of at least 4 members (excludes halogenated alkanes) is 13. The van der Waals surface area contributed by atoms with Crippen molar-refractivity contribution in [3.05, 3.63) is 0 Å². The summed E-state index contributed by atoms with van der Waals surface area (Å²) in [6.07, 6.45) is 20.5. The normalized spacial score (nSPS) is 10.1. The van der Waals surface area contributed by atoms with Gasteiger partial charge in [-0.15, -0.1) is 0 Å². The van der Waals surface area contributed by atoms with E-state index in [0.29, 0.717) is 0 Å². The molecule has 0 bridgehead atoms. The highest BCUT2D eigenvalue weighted by Gasteiger charge is 1.93. The van der Waals surface area contributed by atoms with Crippen LogP contribution in [0.15, 0.2) is 0 Å². The summed E-state index contributed by atoms with van der Waals surface area (Å²) in [5.41, 5.74) is 0. The second-order valence-corrected chi connectivity index (χ2v) is 6.36. The highest BCUT2D eigenvalue weighted by Crippen LogP contribution is 2.13. The first kappa shape index (κ1) is 22.7. The molecule has 0 aliphatic heterocycles. The van der Waals surface area contributed by atoms with Gasteiger partial charge in [0, 0.05) is 0 Å². The van der Waals surface area contributed by atoms with Crippen LogP contribution in [-0.4, -0.2) is 9.36 Å². The molecule has 0 radical (unpaired) electrons. The molecule has 0 nitrogen and oxygen atoms in total. The summed E-state index contributed by atoms with van der Waals surface area (Å²) in [5.74, 6) is 0. The second-order valence-electron chi connectivity index (χ2n) is 5.29. The van der Waals surface area contributed by atoms with Crippen molar-refractivity contribution in [2.24, 2.45) is 0 Å². The summed E-state index contributed by atoms with van der Waals surface area (Å²) in [6.45, 7) is 2.29. The van der Waals surface area contributed by atoms with Gasteiger partial charge in [-0.25, -0.2) is 0 Å². The maximum Gasteiger partial charge on any atom is -0.000473 e. The van der Waals surface area contributed by atoms with E-state index in [2.05, 4.69) is 52.1 Å². The third-order valence-corrected chi connectivity index (χ3v) is 4.25. The molecule has 0 saturated heterocycles. The van der Waals surface area contributed by atoms with Crippen LogP contribution in [0.2, 0.25) is 0 Å². The van der Waals surface area contributed by atoms with Gasteiger partial charge in [0.25, 0.3) is 0 Å². The molecule has 0 heterocycles. The quantitative estimate of drug-likeness (QED) is 0.131. The van der Waals surface area contributed by atoms with E-state index in [9.17, 15) is 0 Å². The van der Waals surface area contributed by atoms with Crippen molar-refractivity contribution in [3.63, 3.8) is 0 Å². The number of rotatable bonds is 14. The molecule has 0 saturated carbocycles. The molecule has 0 aliphatic carbocycles. The Morgan fingerprint density at radius 1 is 0.474 bits per heavy atom. The van der Waals surface area contributed by atoms with Crippen molar-refractivity contribution in [2.75, 3.05) is 9.36 Å². The van der Waals surface area contributed by atoms with Gasteiger partial charge in [0.05, 0.1) is 0 Å². The minimum Gasteiger partial charge on any atom is -0.0901 e. The smallest absolute Gasteiger partial charge is 0.000473 e. The summed E-state index contributed by atoms with van der Waals surface area (Å²) in [7, 11) is 0. The summed E-state index contributed by atoms with van der Waals surface area (Å²) >= 11 is 4.63. The molecule has 2 heteroatoms. The van der Waals surface area contributed by atoms with Crippen molar-refractivity contribution in [1.82, 2.24) is 0 Å². The monoisotopic (exact) mass is 494 g/mol. The SMILES string of the molecule is CCCCCCCCCCCCCCCCI.CI. The summed E-state index contributed by atoms with van der Waals surface area (Å²) in [6, 6.07) is 0. The molecule has 0 aromatic rings. The van der Waals surface area contributed by atoms with Gasteiger partial charge in [-0.1, -0.05) is 136 Å². The van der Waals surface area contributed by atoms with Crippen LogP contribution >= 0.6 is 45.2 Å². The first-order valence-corrected chi connectivity index (χ1v) is 12.0. The maximum absolute atomic E-state index is 2.48. The van der Waals surface area contributed by atoms with Crippen molar-refractivity contribution in [1.29, 1.82) is 0 Å². The van der Waals surface area contributed by atoms with Crippen LogP contribution in [0.3, 0.4) is 0 Å². The van der Waals surface area contributed by atoms with Crippen LogP contribution in [-0.2, 0) is 0 Å². The molecule has 19 heavy (non-hydrogen) atoms. The van der Waals surface area contributed by atoms with Crippen LogP contribution in [0.25, 0.3) is 0 Å². The maximum atomic E-state index is 2.48. The van der Waals surface area contributed by atoms with Crippen LogP contribution in [0.4, 0.5) is 0 Å². The van der Waals surface area contributed by atoms with Gasteiger partial charge in [0.2, 0.25) is 0 Å². The van der Waals surface area contributed by atoms with Gasteiger partial charge < -0.3 is 0 Å². The van der Waals surface area contributed by atoms with E-state index < -0.39 is 0 Å². The van der Waals surface area contributed by atoms with E-state index in [-0.39, 0.29) is 0 Å². The molecule has 0 amide bonds. The zero-order valence-electron chi connectivity index (χ0n) is 13.4. The molecule has 0 rings (SSSR count). The zero-order valence-corrected chi connectivity index (χ0v) is 17.7. The van der Waals surface area contributed by atoms with Crippen molar-refractivity contribution >= 4 is 45.2 Å². The fourth-order valence-corrected chi connectivity index (χ4v) is 2.83. The minimum atomic E-state index is 1.34. The molecule has 0 N–H and O–H groups in total. The number of hydrogen-bond acceptors (Lipinski definition) is 0. The lowest BCUT2D eigenvalue weighted by Gasteiger charge is -2.02. The Hall–Kier alpha value is 1.46. The topological polar surface area (TPSA) is 0 Å². The third-order valence-electron chi connectivity index (χ3n) is 3.49. The summed E-state index contributed by atoms with van der Waals surface area (Å²) in [5, 5.41) is 0. The highest BCUT2D eigenvalue weighted by atomic mass is 127. The standard InChI is InChI=1S/C16H33I.CH3I/c1-2-3-4-5-6-7-8-9-10-11-12-13-14-15-16-17;1-2/h2-16H2,1H3;1H3. The number of hydrogen-bond donors (Lipinski definition) is 0. The van der Waals surface area contributed by atoms with Crippen molar-refractivity contribution < 1.29 is 0 Å². The Morgan fingerprint density at radius 3 is 1.00 bits per heavy atom. The van der Waals surface area contributed by atoms with Gasteiger partial charge >= 0.3 is 0 Å². The van der Waals surface area contributed by atoms with Gasteiger partial charge in [0.15, 0.2) is 0 Å². The van der Waals surface area contributed by atoms with E-state index in [4.69, 9.17) is 0 Å². The van der Waals surface area contributed by atoms with Gasteiger partial charge in [0.1, 0.15) is 0 Å². The predicted molar refractivity (Wildman–Crippen MR) is 109 cm³/mol.